The average molecular weight is 289 g/mol. The third-order valence-electron chi connectivity index (χ3n) is 4.11. The summed E-state index contributed by atoms with van der Waals surface area (Å²) in [7, 11) is 1.91. The van der Waals surface area contributed by atoms with Crippen molar-refractivity contribution in [1.82, 2.24) is 19.7 Å². The third kappa shape index (κ3) is 2.90. The molecule has 2 heterocycles. The van der Waals surface area contributed by atoms with Crippen LogP contribution in [0.2, 0.25) is 0 Å². The molecule has 5 nitrogen and oxygen atoms in total. The summed E-state index contributed by atoms with van der Waals surface area (Å²) in [4.78, 5) is 8.75. The minimum Gasteiger partial charge on any atom is -0.366 e. The second kappa shape index (κ2) is 5.81. The Balaban J connectivity index is 1.67. The number of halogens is 1. The Morgan fingerprint density at radius 2 is 2.10 bits per heavy atom. The van der Waals surface area contributed by atoms with Gasteiger partial charge < -0.3 is 4.90 Å². The first-order valence-corrected chi connectivity index (χ1v) is 7.21. The van der Waals surface area contributed by atoms with Crippen molar-refractivity contribution in [2.75, 3.05) is 24.5 Å². The summed E-state index contributed by atoms with van der Waals surface area (Å²) >= 11 is 0. The number of para-hydroxylation sites is 1. The zero-order valence-corrected chi connectivity index (χ0v) is 12.4. The van der Waals surface area contributed by atoms with Crippen LogP contribution < -0.4 is 4.90 Å². The van der Waals surface area contributed by atoms with E-state index in [4.69, 9.17) is 0 Å². The van der Waals surface area contributed by atoms with Crippen LogP contribution in [-0.2, 0) is 13.6 Å². The summed E-state index contributed by atoms with van der Waals surface area (Å²) in [5.74, 6) is 0.813. The highest BCUT2D eigenvalue weighted by atomic mass is 19.1. The van der Waals surface area contributed by atoms with Gasteiger partial charge in [0.2, 0.25) is 0 Å². The van der Waals surface area contributed by atoms with E-state index in [9.17, 15) is 4.39 Å². The van der Waals surface area contributed by atoms with Crippen molar-refractivity contribution in [2.45, 2.75) is 19.5 Å². The third-order valence-corrected chi connectivity index (χ3v) is 4.11. The van der Waals surface area contributed by atoms with Crippen LogP contribution in [0, 0.1) is 5.82 Å². The van der Waals surface area contributed by atoms with Gasteiger partial charge in [0.25, 0.3) is 0 Å². The predicted molar refractivity (Wildman–Crippen MR) is 79.5 cm³/mol. The highest BCUT2D eigenvalue weighted by Crippen LogP contribution is 2.22. The van der Waals surface area contributed by atoms with Gasteiger partial charge in [-0.25, -0.2) is 9.37 Å². The molecule has 0 spiro atoms. The molecule has 0 radical (unpaired) electrons. The van der Waals surface area contributed by atoms with Crippen LogP contribution in [0.4, 0.5) is 10.1 Å². The van der Waals surface area contributed by atoms with Crippen LogP contribution in [0.5, 0.6) is 0 Å². The van der Waals surface area contributed by atoms with E-state index in [2.05, 4.69) is 26.8 Å². The van der Waals surface area contributed by atoms with E-state index in [1.807, 2.05) is 19.2 Å². The summed E-state index contributed by atoms with van der Waals surface area (Å²) in [6, 6.07) is 7.32. The lowest BCUT2D eigenvalue weighted by Gasteiger charge is -2.40. The fourth-order valence-electron chi connectivity index (χ4n) is 2.80. The molecule has 1 aliphatic heterocycles. The number of aryl methyl sites for hydroxylation is 1. The molecular weight excluding hydrogens is 269 g/mol. The number of piperazine rings is 1. The average Bonchev–Trinajstić information content (AvgIpc) is 2.87. The predicted octanol–water partition coefficient (Wildman–Crippen LogP) is 1.66. The maximum atomic E-state index is 13.9. The van der Waals surface area contributed by atoms with Gasteiger partial charge in [-0.3, -0.25) is 9.58 Å². The Labute approximate surface area is 124 Å². The lowest BCUT2D eigenvalue weighted by atomic mass is 10.1. The monoisotopic (exact) mass is 289 g/mol. The summed E-state index contributed by atoms with van der Waals surface area (Å²) < 4.78 is 15.7. The van der Waals surface area contributed by atoms with Gasteiger partial charge in [0.15, 0.2) is 0 Å². The molecule has 0 bridgehead atoms. The van der Waals surface area contributed by atoms with Crippen molar-refractivity contribution in [3.05, 3.63) is 42.2 Å². The van der Waals surface area contributed by atoms with Crippen molar-refractivity contribution in [1.29, 1.82) is 0 Å². The largest absolute Gasteiger partial charge is 0.366 e. The molecular formula is C15H20FN5. The minimum atomic E-state index is -0.147. The lowest BCUT2D eigenvalue weighted by molar-refractivity contribution is 0.174. The van der Waals surface area contributed by atoms with E-state index >= 15 is 0 Å². The molecule has 0 unspecified atom stereocenters. The number of aromatic nitrogens is 3. The second-order valence-corrected chi connectivity index (χ2v) is 5.52. The van der Waals surface area contributed by atoms with Gasteiger partial charge >= 0.3 is 0 Å². The lowest BCUT2D eigenvalue weighted by Crippen LogP contribution is -2.51. The quantitative estimate of drug-likeness (QED) is 0.861. The van der Waals surface area contributed by atoms with E-state index in [-0.39, 0.29) is 5.82 Å². The number of rotatable bonds is 3. The number of anilines is 1. The van der Waals surface area contributed by atoms with Gasteiger partial charge in [-0.05, 0) is 19.1 Å². The Morgan fingerprint density at radius 1 is 1.29 bits per heavy atom. The number of nitrogens with zero attached hydrogens (tertiary/aromatic N) is 5. The molecule has 2 aromatic rings. The molecule has 1 fully saturated rings. The molecule has 6 heteroatoms. The first-order chi connectivity index (χ1) is 10.1. The van der Waals surface area contributed by atoms with Crippen molar-refractivity contribution < 1.29 is 4.39 Å². The molecule has 0 amide bonds. The van der Waals surface area contributed by atoms with Gasteiger partial charge in [0.1, 0.15) is 18.0 Å². The molecule has 1 saturated heterocycles. The molecule has 1 aromatic heterocycles. The van der Waals surface area contributed by atoms with Crippen LogP contribution in [0.15, 0.2) is 30.6 Å². The normalized spacial score (nSPS) is 20.0. The van der Waals surface area contributed by atoms with Crippen molar-refractivity contribution >= 4 is 5.69 Å². The Bertz CT molecular complexity index is 612. The fraction of sp³-hybridized carbons (Fsp3) is 0.467. The van der Waals surface area contributed by atoms with Crippen LogP contribution in [0.25, 0.3) is 0 Å². The van der Waals surface area contributed by atoms with Gasteiger partial charge in [0.05, 0.1) is 12.2 Å². The fourth-order valence-corrected chi connectivity index (χ4v) is 2.80. The molecule has 1 aromatic carbocycles. The highest BCUT2D eigenvalue weighted by molar-refractivity contribution is 5.48. The summed E-state index contributed by atoms with van der Waals surface area (Å²) in [6.45, 7) is 5.48. The summed E-state index contributed by atoms with van der Waals surface area (Å²) in [5.41, 5.74) is 0.697. The smallest absolute Gasteiger partial charge is 0.146 e. The molecule has 112 valence electrons. The molecule has 1 atom stereocenters. The molecule has 0 saturated carbocycles. The van der Waals surface area contributed by atoms with Crippen LogP contribution in [-0.4, -0.2) is 45.3 Å². The van der Waals surface area contributed by atoms with E-state index < -0.39 is 0 Å². The maximum absolute atomic E-state index is 13.9. The summed E-state index contributed by atoms with van der Waals surface area (Å²) in [5, 5.41) is 4.10. The first kappa shape index (κ1) is 14.0. The maximum Gasteiger partial charge on any atom is 0.146 e. The van der Waals surface area contributed by atoms with Gasteiger partial charge in [-0.1, -0.05) is 12.1 Å². The zero-order chi connectivity index (χ0) is 14.8. The second-order valence-electron chi connectivity index (χ2n) is 5.52. The number of benzene rings is 1. The molecule has 3 rings (SSSR count). The van der Waals surface area contributed by atoms with Gasteiger partial charge in [-0.15, -0.1) is 0 Å². The Kier molecular flexibility index (Phi) is 3.88. The van der Waals surface area contributed by atoms with E-state index in [0.29, 0.717) is 11.7 Å². The molecule has 1 aliphatic rings. The van der Waals surface area contributed by atoms with Crippen LogP contribution in [0.3, 0.4) is 0 Å². The van der Waals surface area contributed by atoms with Crippen molar-refractivity contribution in [3.63, 3.8) is 0 Å². The highest BCUT2D eigenvalue weighted by Gasteiger charge is 2.26. The van der Waals surface area contributed by atoms with E-state index in [1.165, 1.54) is 6.07 Å². The molecule has 21 heavy (non-hydrogen) atoms. The van der Waals surface area contributed by atoms with Gasteiger partial charge in [-0.2, -0.15) is 5.10 Å². The topological polar surface area (TPSA) is 37.2 Å². The van der Waals surface area contributed by atoms with E-state index in [0.717, 1.165) is 32.0 Å². The number of hydrogen-bond acceptors (Lipinski definition) is 4. The first-order valence-electron chi connectivity index (χ1n) is 7.21. The minimum absolute atomic E-state index is 0.147. The molecule has 0 aliphatic carbocycles. The number of hydrogen-bond donors (Lipinski definition) is 0. The standard InChI is InChI=1S/C15H20FN5/c1-12-9-21(14-6-4-3-5-13(14)16)8-7-20(12)10-15-17-11-18-19(15)2/h3-6,11-12H,7-10H2,1-2H3/t12-/m0/s1. The molecule has 0 N–H and O–H groups in total. The zero-order valence-electron chi connectivity index (χ0n) is 12.4. The van der Waals surface area contributed by atoms with Gasteiger partial charge in [0, 0.05) is 32.7 Å². The Hall–Kier alpha value is -1.95. The summed E-state index contributed by atoms with van der Waals surface area (Å²) in [6.07, 6.45) is 1.58. The van der Waals surface area contributed by atoms with Crippen molar-refractivity contribution in [3.8, 4) is 0 Å². The van der Waals surface area contributed by atoms with Crippen LogP contribution >= 0.6 is 0 Å². The van der Waals surface area contributed by atoms with Crippen molar-refractivity contribution in [2.24, 2.45) is 7.05 Å². The Morgan fingerprint density at radius 3 is 2.76 bits per heavy atom. The van der Waals surface area contributed by atoms with E-state index in [1.54, 1.807) is 17.1 Å². The van der Waals surface area contributed by atoms with Crippen LogP contribution in [0.1, 0.15) is 12.7 Å². The SMILES string of the molecule is C[C@H]1CN(c2ccccc2F)CCN1Cc1ncnn1C.